The Balaban J connectivity index is 1.16. The van der Waals surface area contributed by atoms with E-state index < -0.39 is 0 Å². The van der Waals surface area contributed by atoms with Crippen LogP contribution in [0.15, 0.2) is 188 Å². The molecule has 1 aliphatic heterocycles. The van der Waals surface area contributed by atoms with Crippen molar-refractivity contribution in [2.45, 2.75) is 0 Å². The van der Waals surface area contributed by atoms with E-state index in [0.717, 1.165) is 50.3 Å². The van der Waals surface area contributed by atoms with E-state index in [2.05, 4.69) is 191 Å². The van der Waals surface area contributed by atoms with Crippen LogP contribution in [0.25, 0.3) is 83.3 Å². The van der Waals surface area contributed by atoms with Gasteiger partial charge < -0.3 is 4.57 Å². The Bertz CT molecular complexity index is 3040. The molecule has 0 spiro atoms. The molecule has 0 saturated carbocycles. The lowest BCUT2D eigenvalue weighted by molar-refractivity contribution is 1.02. The van der Waals surface area contributed by atoms with Crippen LogP contribution in [0.3, 0.4) is 0 Å². The van der Waals surface area contributed by atoms with Gasteiger partial charge in [0.1, 0.15) is 0 Å². The second kappa shape index (κ2) is 12.1. The van der Waals surface area contributed by atoms with E-state index in [1.54, 1.807) is 0 Å². The Morgan fingerprint density at radius 3 is 1.80 bits per heavy atom. The molecule has 8 aromatic carbocycles. The van der Waals surface area contributed by atoms with Gasteiger partial charge in [0.2, 0.25) is 5.95 Å². The number of hydrogen-bond donors (Lipinski definition) is 0. The van der Waals surface area contributed by atoms with Gasteiger partial charge in [-0.15, -0.1) is 0 Å². The summed E-state index contributed by atoms with van der Waals surface area (Å²) in [4.78, 5) is 18.0. The first-order chi connectivity index (χ1) is 26.8. The van der Waals surface area contributed by atoms with Crippen molar-refractivity contribution < 1.29 is 0 Å². The normalized spacial score (nSPS) is 12.0. The van der Waals surface area contributed by atoms with E-state index >= 15 is 0 Å². The quantitative estimate of drug-likeness (QED) is 0.180. The second-order valence-electron chi connectivity index (χ2n) is 13.7. The van der Waals surface area contributed by atoms with E-state index in [9.17, 15) is 0 Å². The minimum absolute atomic E-state index is 0.570. The first-order valence-electron chi connectivity index (χ1n) is 18.2. The second-order valence-corrected chi connectivity index (χ2v) is 13.7. The van der Waals surface area contributed by atoms with E-state index in [1.165, 1.54) is 32.7 Å². The molecule has 0 fully saturated rings. The predicted octanol–water partition coefficient (Wildman–Crippen LogP) is 12.6. The van der Waals surface area contributed by atoms with Gasteiger partial charge in [-0.3, -0.25) is 4.90 Å². The Morgan fingerprint density at radius 1 is 0.370 bits per heavy atom. The first-order valence-corrected chi connectivity index (χ1v) is 18.2. The molecule has 5 heteroatoms. The van der Waals surface area contributed by atoms with Gasteiger partial charge in [-0.05, 0) is 58.5 Å². The average molecular weight is 690 g/mol. The minimum Gasteiger partial charge on any atom is -0.309 e. The summed E-state index contributed by atoms with van der Waals surface area (Å²) in [6, 6.07) is 66.2. The molecule has 1 aliphatic rings. The maximum absolute atomic E-state index is 5.33. The molecule has 10 aromatic rings. The molecule has 11 rings (SSSR count). The SMILES string of the molecule is c1ccc(-c2ccc(-c3nc(-c4ccc5c6ccccc6n(-c6ccccc6)c5c4)nc(N4c5ccccc5-c5cccc6cccc4c56)n3)cc2)cc1. The Hall–Kier alpha value is -7.37. The van der Waals surface area contributed by atoms with Crippen molar-refractivity contribution in [2.75, 3.05) is 4.90 Å². The summed E-state index contributed by atoms with van der Waals surface area (Å²) >= 11 is 0. The molecule has 252 valence electrons. The summed E-state index contributed by atoms with van der Waals surface area (Å²) in [5.41, 5.74) is 11.9. The van der Waals surface area contributed by atoms with Crippen molar-refractivity contribution >= 4 is 49.9 Å². The van der Waals surface area contributed by atoms with Crippen LogP contribution in [-0.4, -0.2) is 19.5 Å². The summed E-state index contributed by atoms with van der Waals surface area (Å²) in [6.45, 7) is 0. The molecule has 0 N–H and O–H groups in total. The Labute approximate surface area is 312 Å². The van der Waals surface area contributed by atoms with Crippen LogP contribution in [0.4, 0.5) is 17.3 Å². The van der Waals surface area contributed by atoms with Gasteiger partial charge in [0.15, 0.2) is 11.6 Å². The number of rotatable bonds is 5. The van der Waals surface area contributed by atoms with Crippen molar-refractivity contribution in [2.24, 2.45) is 0 Å². The molecule has 0 atom stereocenters. The van der Waals surface area contributed by atoms with Gasteiger partial charge in [-0.1, -0.05) is 152 Å². The number of benzene rings is 8. The predicted molar refractivity (Wildman–Crippen MR) is 222 cm³/mol. The smallest absolute Gasteiger partial charge is 0.238 e. The standard InChI is InChI=1S/C49H31N5/c1-3-13-32(14-4-1)33-25-27-35(28-26-33)47-50-48(36-29-30-40-38-19-7-9-22-42(38)53(45(40)31-36)37-17-5-2-6-18-37)52-49(51-47)54-43-23-10-8-20-39(43)41-21-11-15-34-16-12-24-44(54)46(34)41/h1-31H. The Morgan fingerprint density at radius 2 is 0.963 bits per heavy atom. The molecule has 2 aromatic heterocycles. The van der Waals surface area contributed by atoms with Gasteiger partial charge >= 0.3 is 0 Å². The van der Waals surface area contributed by atoms with Crippen molar-refractivity contribution in [3.05, 3.63) is 188 Å². The summed E-state index contributed by atoms with van der Waals surface area (Å²) < 4.78 is 2.33. The van der Waals surface area contributed by atoms with Crippen LogP contribution in [0.5, 0.6) is 0 Å². The zero-order valence-electron chi connectivity index (χ0n) is 29.1. The van der Waals surface area contributed by atoms with E-state index in [4.69, 9.17) is 15.0 Å². The fourth-order valence-corrected chi connectivity index (χ4v) is 8.10. The minimum atomic E-state index is 0.570. The largest absolute Gasteiger partial charge is 0.309 e. The molecule has 0 amide bonds. The lowest BCUT2D eigenvalue weighted by Gasteiger charge is -2.32. The van der Waals surface area contributed by atoms with Gasteiger partial charge in [0.05, 0.1) is 22.4 Å². The highest BCUT2D eigenvalue weighted by Gasteiger charge is 2.28. The van der Waals surface area contributed by atoms with Crippen LogP contribution in [-0.2, 0) is 0 Å². The van der Waals surface area contributed by atoms with Crippen LogP contribution < -0.4 is 4.90 Å². The number of para-hydroxylation sites is 3. The number of nitrogens with zero attached hydrogens (tertiary/aromatic N) is 5. The summed E-state index contributed by atoms with van der Waals surface area (Å²) in [6.07, 6.45) is 0. The zero-order valence-corrected chi connectivity index (χ0v) is 29.1. The molecule has 0 saturated heterocycles. The fraction of sp³-hybridized carbons (Fsp3) is 0. The molecule has 54 heavy (non-hydrogen) atoms. The van der Waals surface area contributed by atoms with Gasteiger partial charge in [-0.2, -0.15) is 9.97 Å². The highest BCUT2D eigenvalue weighted by molar-refractivity contribution is 6.13. The van der Waals surface area contributed by atoms with Gasteiger partial charge in [0.25, 0.3) is 0 Å². The third-order valence-electron chi connectivity index (χ3n) is 10.6. The van der Waals surface area contributed by atoms with E-state index in [-0.39, 0.29) is 0 Å². The van der Waals surface area contributed by atoms with E-state index in [0.29, 0.717) is 17.6 Å². The number of anilines is 3. The van der Waals surface area contributed by atoms with Crippen molar-refractivity contribution in [1.29, 1.82) is 0 Å². The monoisotopic (exact) mass is 689 g/mol. The van der Waals surface area contributed by atoms with Gasteiger partial charge in [-0.25, -0.2) is 4.98 Å². The van der Waals surface area contributed by atoms with Crippen LogP contribution in [0.2, 0.25) is 0 Å². The molecular formula is C49H31N5. The Kier molecular flexibility index (Phi) is 6.79. The summed E-state index contributed by atoms with van der Waals surface area (Å²) in [5, 5.41) is 4.74. The summed E-state index contributed by atoms with van der Waals surface area (Å²) in [5.74, 6) is 1.79. The van der Waals surface area contributed by atoms with Crippen molar-refractivity contribution in [3.63, 3.8) is 0 Å². The molecule has 0 unspecified atom stereocenters. The maximum Gasteiger partial charge on any atom is 0.238 e. The lowest BCUT2D eigenvalue weighted by Crippen LogP contribution is -2.18. The highest BCUT2D eigenvalue weighted by atomic mass is 15.3. The van der Waals surface area contributed by atoms with Crippen molar-refractivity contribution in [3.8, 4) is 50.7 Å². The zero-order chi connectivity index (χ0) is 35.6. The van der Waals surface area contributed by atoms with Crippen LogP contribution in [0, 0.1) is 0 Å². The molecule has 0 bridgehead atoms. The lowest BCUT2D eigenvalue weighted by atomic mass is 9.91. The van der Waals surface area contributed by atoms with Gasteiger partial charge in [0, 0.05) is 38.5 Å². The third-order valence-corrected chi connectivity index (χ3v) is 10.6. The summed E-state index contributed by atoms with van der Waals surface area (Å²) in [7, 11) is 0. The highest BCUT2D eigenvalue weighted by Crippen LogP contribution is 2.50. The average Bonchev–Trinajstić information content (AvgIpc) is 3.58. The molecular weight excluding hydrogens is 659 g/mol. The van der Waals surface area contributed by atoms with Crippen LogP contribution >= 0.6 is 0 Å². The topological polar surface area (TPSA) is 46.8 Å². The molecule has 5 nitrogen and oxygen atoms in total. The third kappa shape index (κ3) is 4.76. The van der Waals surface area contributed by atoms with Crippen LogP contribution in [0.1, 0.15) is 0 Å². The fourth-order valence-electron chi connectivity index (χ4n) is 8.10. The molecule has 0 aliphatic carbocycles. The maximum atomic E-state index is 5.33. The number of fused-ring (bicyclic) bond motifs is 5. The van der Waals surface area contributed by atoms with E-state index in [1.807, 2.05) is 6.07 Å². The number of hydrogen-bond acceptors (Lipinski definition) is 4. The first kappa shape index (κ1) is 30.3. The molecule has 0 radical (unpaired) electrons. The molecule has 3 heterocycles. The number of aromatic nitrogens is 4. The van der Waals surface area contributed by atoms with Crippen molar-refractivity contribution in [1.82, 2.24) is 19.5 Å².